The number of fused-ring (bicyclic) bond motifs is 30. The SMILES string of the molecule is c1cc(-c2cc3c4ccccc4c4ccccc4c3c3ccccc23)cc(-n2c3ccccc3c3cc(-c4ccc5c(c4)c4ccccc4n5-c4cccc5ccccc45)ccc32)c1.c1ccc2c(-n3c4ccccc4c4cc(-c5ccc6c(c5)c5ccccc5n6-c5ccc(-c6cc7c8ccccc8c8ccccc8c7c7ccccc67)cc5)ccc43)cccc2c1. The molecule has 0 N–H and O–H groups in total. The molecule has 0 unspecified atom stereocenters. The molecule has 0 saturated heterocycles. The molecule has 0 atom stereocenters. The third kappa shape index (κ3) is 10.8. The fraction of sp³-hybridized carbons (Fsp3) is 0. The predicted octanol–water partition coefficient (Wildman–Crippen LogP) is 34.0. The van der Waals surface area contributed by atoms with Gasteiger partial charge in [-0.05, 0) is 263 Å². The van der Waals surface area contributed by atoms with Crippen molar-refractivity contribution >= 4 is 195 Å². The topological polar surface area (TPSA) is 19.7 Å². The summed E-state index contributed by atoms with van der Waals surface area (Å²) in [4.78, 5) is 0. The molecular weight excluding hydrogens is 1550 g/mol. The van der Waals surface area contributed by atoms with Gasteiger partial charge in [0.25, 0.3) is 0 Å². The maximum Gasteiger partial charge on any atom is 0.0541 e. The highest BCUT2D eigenvalue weighted by Gasteiger charge is 2.24. The fourth-order valence-corrected chi connectivity index (χ4v) is 22.1. The Labute approximate surface area is 736 Å². The first-order valence-electron chi connectivity index (χ1n) is 44.3. The van der Waals surface area contributed by atoms with E-state index in [2.05, 4.69) is 479 Å². The zero-order valence-corrected chi connectivity index (χ0v) is 69.7. The van der Waals surface area contributed by atoms with Crippen molar-refractivity contribution < 1.29 is 0 Å². The van der Waals surface area contributed by atoms with Crippen LogP contribution in [-0.4, -0.2) is 18.3 Å². The summed E-state index contributed by atoms with van der Waals surface area (Å²) in [6, 6.07) is 171. The van der Waals surface area contributed by atoms with Crippen molar-refractivity contribution in [1.29, 1.82) is 0 Å². The lowest BCUT2D eigenvalue weighted by atomic mass is 9.87. The molecule has 128 heavy (non-hydrogen) atoms. The normalized spacial score (nSPS) is 12.1. The molecule has 0 aliphatic rings. The van der Waals surface area contributed by atoms with Crippen molar-refractivity contribution in [1.82, 2.24) is 18.3 Å². The van der Waals surface area contributed by atoms with E-state index in [0.29, 0.717) is 0 Å². The summed E-state index contributed by atoms with van der Waals surface area (Å²) in [7, 11) is 0. The molecule has 4 nitrogen and oxygen atoms in total. The Morgan fingerprint density at radius 2 is 0.375 bits per heavy atom. The summed E-state index contributed by atoms with van der Waals surface area (Å²) in [5.74, 6) is 0. The molecule has 0 fully saturated rings. The van der Waals surface area contributed by atoms with Crippen molar-refractivity contribution in [2.24, 2.45) is 0 Å². The second kappa shape index (κ2) is 28.3. The zero-order valence-electron chi connectivity index (χ0n) is 69.7. The Morgan fingerprint density at radius 3 is 0.766 bits per heavy atom. The molecule has 4 heteroatoms. The van der Waals surface area contributed by atoms with Gasteiger partial charge in [0.2, 0.25) is 0 Å². The second-order valence-electron chi connectivity index (χ2n) is 34.4. The smallest absolute Gasteiger partial charge is 0.0541 e. The van der Waals surface area contributed by atoms with Gasteiger partial charge < -0.3 is 18.3 Å². The van der Waals surface area contributed by atoms with Crippen LogP contribution in [0.4, 0.5) is 0 Å². The molecule has 24 aromatic carbocycles. The molecule has 28 rings (SSSR count). The van der Waals surface area contributed by atoms with Crippen LogP contribution in [0, 0.1) is 0 Å². The van der Waals surface area contributed by atoms with Crippen molar-refractivity contribution in [3.8, 4) is 67.3 Å². The first kappa shape index (κ1) is 71.6. The van der Waals surface area contributed by atoms with Crippen LogP contribution in [0.15, 0.2) is 461 Å². The van der Waals surface area contributed by atoms with Crippen LogP contribution < -0.4 is 0 Å². The lowest BCUT2D eigenvalue weighted by molar-refractivity contribution is 1.18. The Morgan fingerprint density at radius 1 is 0.117 bits per heavy atom. The van der Waals surface area contributed by atoms with Gasteiger partial charge in [0.1, 0.15) is 0 Å². The first-order valence-corrected chi connectivity index (χ1v) is 44.3. The molecule has 4 aromatic heterocycles. The highest BCUT2D eigenvalue weighted by atomic mass is 15.0. The van der Waals surface area contributed by atoms with Crippen LogP contribution in [0.25, 0.3) is 262 Å². The van der Waals surface area contributed by atoms with Crippen LogP contribution in [0.2, 0.25) is 0 Å². The molecule has 0 aliphatic carbocycles. The maximum atomic E-state index is 2.45. The van der Waals surface area contributed by atoms with Crippen molar-refractivity contribution in [3.05, 3.63) is 461 Å². The molecule has 0 amide bonds. The highest BCUT2D eigenvalue weighted by molar-refractivity contribution is 6.35. The molecule has 0 saturated carbocycles. The number of benzene rings is 24. The summed E-state index contributed by atoms with van der Waals surface area (Å²) in [5.41, 5.74) is 24.0. The molecule has 592 valence electrons. The van der Waals surface area contributed by atoms with Crippen LogP contribution in [-0.2, 0) is 0 Å². The number of aromatic nitrogens is 4. The molecule has 0 spiro atoms. The Kier molecular flexibility index (Phi) is 15.8. The second-order valence-corrected chi connectivity index (χ2v) is 34.4. The molecule has 0 bridgehead atoms. The van der Waals surface area contributed by atoms with Gasteiger partial charge in [-0.2, -0.15) is 0 Å². The summed E-state index contributed by atoms with van der Waals surface area (Å²) in [6.07, 6.45) is 0. The quantitative estimate of drug-likeness (QED) is 0.135. The van der Waals surface area contributed by atoms with E-state index in [1.165, 1.54) is 251 Å². The van der Waals surface area contributed by atoms with Gasteiger partial charge in [0.05, 0.1) is 55.5 Å². The average Bonchev–Trinajstić information content (AvgIpc) is 1.29. The van der Waals surface area contributed by atoms with Crippen LogP contribution in [0.3, 0.4) is 0 Å². The average molecular weight is 1620 g/mol. The van der Waals surface area contributed by atoms with Gasteiger partial charge in [0, 0.05) is 65.2 Å². The van der Waals surface area contributed by atoms with Crippen LogP contribution in [0.1, 0.15) is 0 Å². The maximum absolute atomic E-state index is 2.45. The molecular formula is C124H76N4. The van der Waals surface area contributed by atoms with E-state index in [1.54, 1.807) is 0 Å². The van der Waals surface area contributed by atoms with Gasteiger partial charge in [-0.15, -0.1) is 0 Å². The summed E-state index contributed by atoms with van der Waals surface area (Å²) < 4.78 is 9.75. The third-order valence-electron chi connectivity index (χ3n) is 27.7. The zero-order chi connectivity index (χ0) is 83.8. The molecule has 4 heterocycles. The van der Waals surface area contributed by atoms with E-state index < -0.39 is 0 Å². The number of para-hydroxylation sites is 4. The molecule has 0 aliphatic heterocycles. The summed E-state index contributed by atoms with van der Waals surface area (Å²) >= 11 is 0. The number of hydrogen-bond acceptors (Lipinski definition) is 0. The third-order valence-corrected chi connectivity index (χ3v) is 27.7. The highest BCUT2D eigenvalue weighted by Crippen LogP contribution is 2.49. The molecule has 0 radical (unpaired) electrons. The van der Waals surface area contributed by atoms with Crippen molar-refractivity contribution in [2.75, 3.05) is 0 Å². The van der Waals surface area contributed by atoms with Gasteiger partial charge in [-0.3, -0.25) is 0 Å². The minimum absolute atomic E-state index is 1.15. The fourth-order valence-electron chi connectivity index (χ4n) is 22.1. The number of nitrogens with zero attached hydrogens (tertiary/aromatic N) is 4. The predicted molar refractivity (Wildman–Crippen MR) is 547 cm³/mol. The lowest BCUT2D eigenvalue weighted by Gasteiger charge is -2.17. The minimum Gasteiger partial charge on any atom is -0.309 e. The Balaban J connectivity index is 0.000000132. The van der Waals surface area contributed by atoms with Gasteiger partial charge in [0.15, 0.2) is 0 Å². The summed E-state index contributed by atoms with van der Waals surface area (Å²) in [6.45, 7) is 0. The van der Waals surface area contributed by atoms with Gasteiger partial charge >= 0.3 is 0 Å². The van der Waals surface area contributed by atoms with E-state index in [1.807, 2.05) is 0 Å². The van der Waals surface area contributed by atoms with Crippen molar-refractivity contribution in [2.45, 2.75) is 0 Å². The first-order chi connectivity index (χ1) is 63.5. The van der Waals surface area contributed by atoms with Crippen molar-refractivity contribution in [3.63, 3.8) is 0 Å². The lowest BCUT2D eigenvalue weighted by Crippen LogP contribution is -1.95. The Bertz CT molecular complexity index is 9590. The summed E-state index contributed by atoms with van der Waals surface area (Å²) in [5, 5.41) is 35.6. The minimum atomic E-state index is 1.15. The number of hydrogen-bond donors (Lipinski definition) is 0. The van der Waals surface area contributed by atoms with E-state index >= 15 is 0 Å². The van der Waals surface area contributed by atoms with Crippen LogP contribution in [0.5, 0.6) is 0 Å². The standard InChI is InChI=1S/2C62H38N2/c1-2-19-44-39(15-1)16-14-30-57(44)64-59-29-12-10-25-50(59)55-37-41(32-34-61(55)64)40-31-33-60-54(36-40)49-24-9-11-28-58(49)63(60)43-18-13-17-42(35-43)53-38-56-47-22-4-3-20-45(47)46-21-5-7-26-51(46)62(56)52-27-8-6-23-48(52)53;1-2-16-44-39(14-1)15-13-27-57(44)64-59-26-12-10-22-50(59)55-37-42(31-35-61(55)64)41-30-34-60-54(36-41)49-21-9-11-25-58(49)63(60)43-32-28-40(29-33-43)53-38-56-47-19-4-3-17-45(47)46-18-5-7-23-51(46)62(56)52-24-8-6-20-48(52)53/h2*1-38H. The Hall–Kier alpha value is -16.9. The van der Waals surface area contributed by atoms with Gasteiger partial charge in [-0.25, -0.2) is 0 Å². The largest absolute Gasteiger partial charge is 0.309 e. The van der Waals surface area contributed by atoms with Gasteiger partial charge in [-0.1, -0.05) is 340 Å². The van der Waals surface area contributed by atoms with Crippen LogP contribution >= 0.6 is 0 Å². The van der Waals surface area contributed by atoms with E-state index in [9.17, 15) is 0 Å². The van der Waals surface area contributed by atoms with E-state index in [0.717, 1.165) is 11.4 Å². The van der Waals surface area contributed by atoms with E-state index in [4.69, 9.17) is 0 Å². The molecule has 28 aromatic rings. The number of rotatable bonds is 8. The monoisotopic (exact) mass is 1620 g/mol. The van der Waals surface area contributed by atoms with E-state index in [-0.39, 0.29) is 0 Å².